The fourth-order valence-electron chi connectivity index (χ4n) is 2.75. The third kappa shape index (κ3) is 4.57. The molecule has 0 bridgehead atoms. The second kappa shape index (κ2) is 8.25. The van der Waals surface area contributed by atoms with E-state index < -0.39 is 0 Å². The minimum absolute atomic E-state index is 0.663. The summed E-state index contributed by atoms with van der Waals surface area (Å²) in [6, 6.07) is 13.9. The number of thiocarbonyl (C=S) groups is 1. The number of hydrogen-bond acceptors (Lipinski definition) is 3. The van der Waals surface area contributed by atoms with Crippen LogP contribution in [0.15, 0.2) is 46.9 Å². The van der Waals surface area contributed by atoms with Crippen LogP contribution in [0.1, 0.15) is 0 Å². The molecule has 1 aliphatic heterocycles. The second-order valence-corrected chi connectivity index (χ2v) is 7.38. The molecule has 1 heterocycles. The van der Waals surface area contributed by atoms with Crippen molar-refractivity contribution in [2.45, 2.75) is 0 Å². The Labute approximate surface area is 166 Å². The fraction of sp³-hybridized carbons (Fsp3) is 0.278. The lowest BCUT2D eigenvalue weighted by Crippen LogP contribution is -2.50. The monoisotopic (exact) mass is 439 g/mol. The maximum Gasteiger partial charge on any atom is 0.173 e. The van der Waals surface area contributed by atoms with Crippen molar-refractivity contribution in [3.63, 3.8) is 0 Å². The van der Waals surface area contributed by atoms with E-state index in [1.807, 2.05) is 30.3 Å². The number of benzene rings is 2. The lowest BCUT2D eigenvalue weighted by atomic mass is 10.2. The number of nitrogens with zero attached hydrogens (tertiary/aromatic N) is 2. The molecule has 0 atom stereocenters. The van der Waals surface area contributed by atoms with Crippen LogP contribution in [0.3, 0.4) is 0 Å². The molecule has 132 valence electrons. The Kier molecular flexibility index (Phi) is 6.04. The normalized spacial score (nSPS) is 14.4. The first-order valence-corrected chi connectivity index (χ1v) is 9.55. The van der Waals surface area contributed by atoms with Crippen LogP contribution in [-0.4, -0.2) is 43.3 Å². The zero-order chi connectivity index (χ0) is 17.8. The summed E-state index contributed by atoms with van der Waals surface area (Å²) >= 11 is 15.1. The minimum Gasteiger partial charge on any atom is -0.497 e. The van der Waals surface area contributed by atoms with Crippen molar-refractivity contribution < 1.29 is 4.74 Å². The van der Waals surface area contributed by atoms with Crippen LogP contribution in [-0.2, 0) is 0 Å². The van der Waals surface area contributed by atoms with Crippen molar-refractivity contribution in [2.24, 2.45) is 0 Å². The average molecular weight is 441 g/mol. The van der Waals surface area contributed by atoms with Crippen LogP contribution in [0.2, 0.25) is 5.02 Å². The molecule has 0 amide bonds. The van der Waals surface area contributed by atoms with Gasteiger partial charge >= 0.3 is 0 Å². The van der Waals surface area contributed by atoms with E-state index in [1.54, 1.807) is 7.11 Å². The van der Waals surface area contributed by atoms with Crippen LogP contribution in [0.5, 0.6) is 5.75 Å². The van der Waals surface area contributed by atoms with Gasteiger partial charge in [-0.1, -0.05) is 17.7 Å². The minimum atomic E-state index is 0.663. The first-order valence-electron chi connectivity index (χ1n) is 7.97. The Morgan fingerprint density at radius 3 is 2.60 bits per heavy atom. The number of methoxy groups -OCH3 is 1. The summed E-state index contributed by atoms with van der Waals surface area (Å²) in [6.07, 6.45) is 0. The van der Waals surface area contributed by atoms with Crippen LogP contribution >= 0.6 is 39.7 Å². The summed E-state index contributed by atoms with van der Waals surface area (Å²) in [5.41, 5.74) is 2.07. The first kappa shape index (κ1) is 18.3. The average Bonchev–Trinajstić information content (AvgIpc) is 2.65. The SMILES string of the molecule is COc1cccc(N2CCN(C(=S)Nc3ccc(Br)c(Cl)c3)CC2)c1. The van der Waals surface area contributed by atoms with Crippen LogP contribution < -0.4 is 15.0 Å². The smallest absolute Gasteiger partial charge is 0.173 e. The molecule has 0 unspecified atom stereocenters. The van der Waals surface area contributed by atoms with Crippen molar-refractivity contribution in [1.82, 2.24) is 4.90 Å². The van der Waals surface area contributed by atoms with Gasteiger partial charge in [0.25, 0.3) is 0 Å². The standard InChI is InChI=1S/C18H19BrClN3OS/c1-24-15-4-2-3-14(12-15)22-7-9-23(10-8-22)18(25)21-13-5-6-16(19)17(20)11-13/h2-6,11-12H,7-10H2,1H3,(H,21,25). The number of nitrogens with one attached hydrogen (secondary N) is 1. The van der Waals surface area contributed by atoms with E-state index in [1.165, 1.54) is 5.69 Å². The third-order valence-electron chi connectivity index (χ3n) is 4.16. The van der Waals surface area contributed by atoms with Crippen LogP contribution in [0, 0.1) is 0 Å². The highest BCUT2D eigenvalue weighted by molar-refractivity contribution is 9.10. The predicted molar refractivity (Wildman–Crippen MR) is 112 cm³/mol. The van der Waals surface area contributed by atoms with Crippen molar-refractivity contribution in [1.29, 1.82) is 0 Å². The highest BCUT2D eigenvalue weighted by atomic mass is 79.9. The number of hydrogen-bond donors (Lipinski definition) is 1. The topological polar surface area (TPSA) is 27.7 Å². The van der Waals surface area contributed by atoms with E-state index in [0.29, 0.717) is 5.02 Å². The number of halogens is 2. The predicted octanol–water partition coefficient (Wildman–Crippen LogP) is 4.63. The quantitative estimate of drug-likeness (QED) is 0.703. The largest absolute Gasteiger partial charge is 0.497 e. The Bertz CT molecular complexity index is 766. The molecule has 0 spiro atoms. The summed E-state index contributed by atoms with van der Waals surface area (Å²) in [7, 11) is 1.69. The van der Waals surface area contributed by atoms with Gasteiger partial charge in [-0.25, -0.2) is 0 Å². The Morgan fingerprint density at radius 1 is 1.16 bits per heavy atom. The van der Waals surface area contributed by atoms with Crippen LogP contribution in [0.25, 0.3) is 0 Å². The Morgan fingerprint density at radius 2 is 1.92 bits per heavy atom. The van der Waals surface area contributed by atoms with Crippen molar-refractivity contribution in [3.05, 3.63) is 52.0 Å². The number of ether oxygens (including phenoxy) is 1. The highest BCUT2D eigenvalue weighted by Gasteiger charge is 2.19. The highest BCUT2D eigenvalue weighted by Crippen LogP contribution is 2.26. The van der Waals surface area contributed by atoms with E-state index >= 15 is 0 Å². The van der Waals surface area contributed by atoms with Crippen LogP contribution in [0.4, 0.5) is 11.4 Å². The molecule has 0 aromatic heterocycles. The van der Waals surface area contributed by atoms with Gasteiger partial charge in [0.1, 0.15) is 5.75 Å². The molecule has 1 aliphatic rings. The van der Waals surface area contributed by atoms with Gasteiger partial charge < -0.3 is 19.9 Å². The van der Waals surface area contributed by atoms with E-state index in [9.17, 15) is 0 Å². The molecule has 1 N–H and O–H groups in total. The van der Waals surface area contributed by atoms with E-state index in [2.05, 4.69) is 43.2 Å². The van der Waals surface area contributed by atoms with Gasteiger partial charge in [-0.2, -0.15) is 0 Å². The van der Waals surface area contributed by atoms with Gasteiger partial charge in [0.15, 0.2) is 5.11 Å². The van der Waals surface area contributed by atoms with Gasteiger partial charge in [-0.15, -0.1) is 0 Å². The molecule has 1 fully saturated rings. The molecule has 7 heteroatoms. The summed E-state index contributed by atoms with van der Waals surface area (Å²) in [5, 5.41) is 4.65. The van der Waals surface area contributed by atoms with Crippen molar-refractivity contribution in [2.75, 3.05) is 43.5 Å². The van der Waals surface area contributed by atoms with Gasteiger partial charge in [-0.3, -0.25) is 0 Å². The second-order valence-electron chi connectivity index (χ2n) is 5.73. The molecule has 1 saturated heterocycles. The third-order valence-corrected chi connectivity index (χ3v) is 5.75. The number of piperazine rings is 1. The molecule has 0 aliphatic carbocycles. The number of rotatable bonds is 3. The van der Waals surface area contributed by atoms with E-state index in [4.69, 9.17) is 28.6 Å². The zero-order valence-electron chi connectivity index (χ0n) is 13.8. The van der Waals surface area contributed by atoms with Gasteiger partial charge in [0, 0.05) is 48.1 Å². The Balaban J connectivity index is 1.57. The summed E-state index contributed by atoms with van der Waals surface area (Å²) < 4.78 is 6.18. The molecule has 4 nitrogen and oxygen atoms in total. The maximum atomic E-state index is 6.13. The summed E-state index contributed by atoms with van der Waals surface area (Å²) in [4.78, 5) is 4.53. The fourth-order valence-corrected chi connectivity index (χ4v) is 3.48. The lowest BCUT2D eigenvalue weighted by molar-refractivity contribution is 0.389. The van der Waals surface area contributed by atoms with E-state index in [0.717, 1.165) is 47.2 Å². The van der Waals surface area contributed by atoms with Crippen molar-refractivity contribution in [3.8, 4) is 5.75 Å². The Hall–Kier alpha value is -1.50. The molecule has 2 aromatic rings. The molecule has 0 saturated carbocycles. The summed E-state index contributed by atoms with van der Waals surface area (Å²) in [6.45, 7) is 3.56. The summed E-state index contributed by atoms with van der Waals surface area (Å²) in [5.74, 6) is 0.879. The lowest BCUT2D eigenvalue weighted by Gasteiger charge is -2.37. The van der Waals surface area contributed by atoms with Gasteiger partial charge in [0.05, 0.1) is 12.1 Å². The molecule has 0 radical (unpaired) electrons. The van der Waals surface area contributed by atoms with Gasteiger partial charge in [-0.05, 0) is 58.5 Å². The maximum absolute atomic E-state index is 6.13. The molecule has 25 heavy (non-hydrogen) atoms. The number of anilines is 2. The van der Waals surface area contributed by atoms with E-state index in [-0.39, 0.29) is 0 Å². The first-order chi connectivity index (χ1) is 12.1. The molecule has 2 aromatic carbocycles. The molecule has 3 rings (SSSR count). The molecular formula is C18H19BrClN3OS. The molecular weight excluding hydrogens is 422 g/mol. The van der Waals surface area contributed by atoms with Gasteiger partial charge in [0.2, 0.25) is 0 Å². The van der Waals surface area contributed by atoms with Crippen molar-refractivity contribution >= 4 is 56.2 Å². The zero-order valence-corrected chi connectivity index (χ0v) is 17.0.